The predicted molar refractivity (Wildman–Crippen MR) is 77.1 cm³/mol. The van der Waals surface area contributed by atoms with Gasteiger partial charge in [-0.15, -0.1) is 11.3 Å². The average molecular weight is 295 g/mol. The van der Waals surface area contributed by atoms with Gasteiger partial charge >= 0.3 is 0 Å². The normalized spacial score (nSPS) is 14.5. The van der Waals surface area contributed by atoms with Gasteiger partial charge in [0.15, 0.2) is 4.77 Å². The zero-order chi connectivity index (χ0) is 13.6. The predicted octanol–water partition coefficient (Wildman–Crippen LogP) is 1.48. The molecule has 3 N–H and O–H groups in total. The molecule has 1 aliphatic carbocycles. The van der Waals surface area contributed by atoms with Gasteiger partial charge < -0.3 is 10.7 Å². The van der Waals surface area contributed by atoms with Crippen LogP contribution in [0.3, 0.4) is 0 Å². The first-order valence-electron chi connectivity index (χ1n) is 6.13. The van der Waals surface area contributed by atoms with Crippen LogP contribution >= 0.6 is 23.6 Å². The number of carbonyl (C=O) groups excluding carboxylic acids is 1. The fraction of sp³-hybridized carbons (Fsp3) is 0.417. The van der Waals surface area contributed by atoms with Gasteiger partial charge in [-0.3, -0.25) is 14.2 Å². The van der Waals surface area contributed by atoms with E-state index in [1.807, 2.05) is 0 Å². The Morgan fingerprint density at radius 1 is 1.42 bits per heavy atom. The maximum Gasteiger partial charge on any atom is 0.263 e. The number of amides is 1. The van der Waals surface area contributed by atoms with Gasteiger partial charge in [0.1, 0.15) is 11.4 Å². The largest absolute Gasteiger partial charge is 0.368 e. The number of aromatic amines is 1. The Kier molecular flexibility index (Phi) is 3.02. The van der Waals surface area contributed by atoms with E-state index >= 15 is 0 Å². The number of hydrogen-bond donors (Lipinski definition) is 2. The minimum atomic E-state index is -0.565. The maximum atomic E-state index is 12.5. The molecule has 0 bridgehead atoms. The van der Waals surface area contributed by atoms with Gasteiger partial charge in [0, 0.05) is 4.88 Å². The number of rotatable bonds is 2. The van der Waals surface area contributed by atoms with E-state index in [0.29, 0.717) is 5.39 Å². The second-order valence-corrected chi connectivity index (χ2v) is 6.19. The highest BCUT2D eigenvalue weighted by Gasteiger charge is 2.20. The van der Waals surface area contributed by atoms with Crippen molar-refractivity contribution in [3.05, 3.63) is 25.6 Å². The van der Waals surface area contributed by atoms with Crippen LogP contribution in [0.5, 0.6) is 0 Å². The van der Waals surface area contributed by atoms with Crippen LogP contribution in [0.2, 0.25) is 0 Å². The third kappa shape index (κ3) is 2.02. The van der Waals surface area contributed by atoms with Crippen LogP contribution in [0, 0.1) is 4.77 Å². The van der Waals surface area contributed by atoms with Crippen molar-refractivity contribution in [1.82, 2.24) is 9.55 Å². The quantitative estimate of drug-likeness (QED) is 0.824. The van der Waals surface area contributed by atoms with Gasteiger partial charge in [-0.05, 0) is 43.5 Å². The average Bonchev–Trinajstić information content (AvgIpc) is 2.72. The Bertz CT molecular complexity index is 785. The molecule has 0 saturated carbocycles. The van der Waals surface area contributed by atoms with Gasteiger partial charge in [0.25, 0.3) is 5.56 Å². The van der Waals surface area contributed by atoms with Crippen molar-refractivity contribution in [2.45, 2.75) is 32.2 Å². The van der Waals surface area contributed by atoms with Gasteiger partial charge in [-0.2, -0.15) is 0 Å². The molecule has 1 aliphatic rings. The molecule has 2 aromatic heterocycles. The number of thiophene rings is 1. The van der Waals surface area contributed by atoms with Crippen molar-refractivity contribution in [2.75, 3.05) is 0 Å². The minimum Gasteiger partial charge on any atom is -0.368 e. The SMILES string of the molecule is NC(=O)Cn1c(=S)[nH]c2sc3c(c2c1=O)CCCC3. The van der Waals surface area contributed by atoms with Gasteiger partial charge in [-0.25, -0.2) is 0 Å². The summed E-state index contributed by atoms with van der Waals surface area (Å²) in [7, 11) is 0. The lowest BCUT2D eigenvalue weighted by molar-refractivity contribution is -0.118. The molecular weight excluding hydrogens is 282 g/mol. The summed E-state index contributed by atoms with van der Waals surface area (Å²) in [6.07, 6.45) is 4.20. The molecule has 0 aliphatic heterocycles. The lowest BCUT2D eigenvalue weighted by Crippen LogP contribution is -2.29. The Labute approximate surface area is 118 Å². The van der Waals surface area contributed by atoms with E-state index in [2.05, 4.69) is 4.98 Å². The topological polar surface area (TPSA) is 80.9 Å². The van der Waals surface area contributed by atoms with Crippen LogP contribution in [0.1, 0.15) is 23.3 Å². The summed E-state index contributed by atoms with van der Waals surface area (Å²) in [5, 5.41) is 0.689. The van der Waals surface area contributed by atoms with E-state index in [4.69, 9.17) is 18.0 Å². The number of hydrogen-bond acceptors (Lipinski definition) is 4. The van der Waals surface area contributed by atoms with Gasteiger partial charge in [0.2, 0.25) is 5.91 Å². The highest BCUT2D eigenvalue weighted by Crippen LogP contribution is 2.33. The fourth-order valence-electron chi connectivity index (χ4n) is 2.57. The molecule has 0 aromatic carbocycles. The molecule has 100 valence electrons. The third-order valence-corrected chi connectivity index (χ3v) is 4.94. The summed E-state index contributed by atoms with van der Waals surface area (Å²) in [6.45, 7) is -0.172. The third-order valence-electron chi connectivity index (χ3n) is 3.41. The number of nitrogens with zero attached hydrogens (tertiary/aromatic N) is 1. The zero-order valence-corrected chi connectivity index (χ0v) is 11.8. The van der Waals surface area contributed by atoms with E-state index < -0.39 is 5.91 Å². The molecule has 1 amide bonds. The number of fused-ring (bicyclic) bond motifs is 3. The number of H-pyrrole nitrogens is 1. The lowest BCUT2D eigenvalue weighted by Gasteiger charge is -2.10. The van der Waals surface area contributed by atoms with Crippen LogP contribution in [-0.4, -0.2) is 15.5 Å². The molecule has 3 rings (SSSR count). The van der Waals surface area contributed by atoms with Crippen LogP contribution in [0.15, 0.2) is 4.79 Å². The van der Waals surface area contributed by atoms with Crippen LogP contribution in [-0.2, 0) is 24.2 Å². The second kappa shape index (κ2) is 4.57. The smallest absolute Gasteiger partial charge is 0.263 e. The van der Waals surface area contributed by atoms with Crippen molar-refractivity contribution in [3.63, 3.8) is 0 Å². The van der Waals surface area contributed by atoms with E-state index in [1.165, 1.54) is 9.44 Å². The van der Waals surface area contributed by atoms with Crippen LogP contribution < -0.4 is 11.3 Å². The Morgan fingerprint density at radius 3 is 2.89 bits per heavy atom. The van der Waals surface area contributed by atoms with E-state index in [-0.39, 0.29) is 16.9 Å². The number of nitrogens with one attached hydrogen (secondary N) is 1. The number of aromatic nitrogens is 2. The van der Waals surface area contributed by atoms with Crippen molar-refractivity contribution >= 4 is 39.7 Å². The summed E-state index contributed by atoms with van der Waals surface area (Å²) in [6, 6.07) is 0. The summed E-state index contributed by atoms with van der Waals surface area (Å²) < 4.78 is 1.51. The summed E-state index contributed by atoms with van der Waals surface area (Å²) in [4.78, 5) is 28.7. The number of aryl methyl sites for hydroxylation is 2. The molecule has 0 unspecified atom stereocenters. The minimum absolute atomic E-state index is 0.172. The lowest BCUT2D eigenvalue weighted by atomic mass is 9.97. The first kappa shape index (κ1) is 12.6. The highest BCUT2D eigenvalue weighted by molar-refractivity contribution is 7.71. The molecule has 0 fully saturated rings. The molecule has 0 spiro atoms. The summed E-state index contributed by atoms with van der Waals surface area (Å²) in [5.41, 5.74) is 6.09. The van der Waals surface area contributed by atoms with Crippen molar-refractivity contribution in [1.29, 1.82) is 0 Å². The molecule has 0 saturated heterocycles. The van der Waals surface area contributed by atoms with E-state index in [1.54, 1.807) is 11.3 Å². The van der Waals surface area contributed by atoms with Crippen molar-refractivity contribution in [2.24, 2.45) is 5.73 Å². The Balaban J connectivity index is 2.33. The number of primary amides is 1. The molecule has 2 heterocycles. The van der Waals surface area contributed by atoms with Crippen molar-refractivity contribution in [3.8, 4) is 0 Å². The van der Waals surface area contributed by atoms with Crippen LogP contribution in [0.25, 0.3) is 10.2 Å². The van der Waals surface area contributed by atoms with Gasteiger partial charge in [-0.1, -0.05) is 0 Å². The molecule has 0 radical (unpaired) electrons. The van der Waals surface area contributed by atoms with Crippen molar-refractivity contribution < 1.29 is 4.79 Å². The Hall–Kier alpha value is -1.47. The molecule has 0 atom stereocenters. The molecule has 19 heavy (non-hydrogen) atoms. The second-order valence-electron chi connectivity index (χ2n) is 4.70. The summed E-state index contributed by atoms with van der Waals surface area (Å²) >= 11 is 6.74. The fourth-order valence-corrected chi connectivity index (χ4v) is 4.17. The molecular formula is C12H13N3O2S2. The highest BCUT2D eigenvalue weighted by atomic mass is 32.1. The number of carbonyl (C=O) groups is 1. The van der Waals surface area contributed by atoms with E-state index in [9.17, 15) is 9.59 Å². The standard InChI is InChI=1S/C12H13N3O2S2/c13-8(16)5-15-11(17)9-6-3-1-2-4-7(6)19-10(9)14-12(15)18/h1-5H2,(H2,13,16)(H,14,18). The van der Waals surface area contributed by atoms with E-state index in [0.717, 1.165) is 36.1 Å². The molecule has 7 heteroatoms. The molecule has 5 nitrogen and oxygen atoms in total. The maximum absolute atomic E-state index is 12.5. The zero-order valence-electron chi connectivity index (χ0n) is 10.2. The first-order chi connectivity index (χ1) is 9.08. The first-order valence-corrected chi connectivity index (χ1v) is 7.36. The Morgan fingerprint density at radius 2 is 2.16 bits per heavy atom. The molecule has 2 aromatic rings. The number of nitrogens with two attached hydrogens (primary N) is 1. The van der Waals surface area contributed by atoms with Crippen LogP contribution in [0.4, 0.5) is 0 Å². The monoisotopic (exact) mass is 295 g/mol. The summed E-state index contributed by atoms with van der Waals surface area (Å²) in [5.74, 6) is -0.565. The van der Waals surface area contributed by atoms with Gasteiger partial charge in [0.05, 0.1) is 5.39 Å².